The van der Waals surface area contributed by atoms with Gasteiger partial charge in [0.2, 0.25) is 0 Å². The summed E-state index contributed by atoms with van der Waals surface area (Å²) >= 11 is 0. The number of aldehydes is 1. The van der Waals surface area contributed by atoms with E-state index in [4.69, 9.17) is 0 Å². The second kappa shape index (κ2) is 2.63. The van der Waals surface area contributed by atoms with Gasteiger partial charge in [0, 0.05) is 24.7 Å². The fourth-order valence-electron chi connectivity index (χ4n) is 1.81. The van der Waals surface area contributed by atoms with E-state index in [-0.39, 0.29) is 5.92 Å². The molecule has 0 aromatic rings. The number of rotatable bonds is 1. The number of carbonyl (C=O) groups excluding carboxylic acids is 1. The predicted molar refractivity (Wildman–Crippen MR) is 47.5 cm³/mol. The standard InChI is InChI=1S/C10H11NO/c1-11-6-8(7-12)9-4-2-3-5-10(9)11/h2-7,9-10H,1H3. The molecule has 1 aliphatic carbocycles. The third-order valence-electron chi connectivity index (χ3n) is 2.45. The molecule has 62 valence electrons. The summed E-state index contributed by atoms with van der Waals surface area (Å²) in [7, 11) is 2.00. The van der Waals surface area contributed by atoms with E-state index in [2.05, 4.69) is 17.1 Å². The first-order valence-electron chi connectivity index (χ1n) is 4.07. The number of likely N-dealkylation sites (N-methyl/N-ethyl adjacent to an activating group) is 1. The molecular formula is C10H11NO. The van der Waals surface area contributed by atoms with E-state index in [9.17, 15) is 4.79 Å². The molecule has 2 heteroatoms. The third-order valence-corrected chi connectivity index (χ3v) is 2.45. The largest absolute Gasteiger partial charge is 0.373 e. The Bertz CT molecular complexity index is 288. The summed E-state index contributed by atoms with van der Waals surface area (Å²) in [6.45, 7) is 0. The molecule has 0 aromatic carbocycles. The molecule has 2 nitrogen and oxygen atoms in total. The van der Waals surface area contributed by atoms with E-state index < -0.39 is 0 Å². The van der Waals surface area contributed by atoms with Crippen molar-refractivity contribution in [1.29, 1.82) is 0 Å². The minimum atomic E-state index is 0.275. The molecule has 0 saturated carbocycles. The van der Waals surface area contributed by atoms with Gasteiger partial charge in [-0.05, 0) is 0 Å². The zero-order valence-corrected chi connectivity index (χ0v) is 6.97. The van der Waals surface area contributed by atoms with E-state index in [0.717, 1.165) is 11.9 Å². The minimum absolute atomic E-state index is 0.275. The molecule has 12 heavy (non-hydrogen) atoms. The predicted octanol–water partition coefficient (Wildman–Crippen LogP) is 1.13. The fourth-order valence-corrected chi connectivity index (χ4v) is 1.81. The Morgan fingerprint density at radius 2 is 2.17 bits per heavy atom. The van der Waals surface area contributed by atoms with Crippen LogP contribution in [0.3, 0.4) is 0 Å². The number of hydrogen-bond acceptors (Lipinski definition) is 2. The number of allylic oxidation sites excluding steroid dienone is 2. The van der Waals surface area contributed by atoms with Crippen molar-refractivity contribution < 1.29 is 4.79 Å². The van der Waals surface area contributed by atoms with E-state index in [1.807, 2.05) is 25.4 Å². The Labute approximate surface area is 71.9 Å². The zero-order chi connectivity index (χ0) is 8.55. The summed E-state index contributed by atoms with van der Waals surface area (Å²) in [4.78, 5) is 12.7. The zero-order valence-electron chi connectivity index (χ0n) is 6.97. The van der Waals surface area contributed by atoms with Crippen LogP contribution in [-0.4, -0.2) is 24.3 Å². The summed E-state index contributed by atoms with van der Waals surface area (Å²) in [5.74, 6) is 0.275. The quantitative estimate of drug-likeness (QED) is 0.537. The van der Waals surface area contributed by atoms with Crippen molar-refractivity contribution in [3.63, 3.8) is 0 Å². The van der Waals surface area contributed by atoms with E-state index >= 15 is 0 Å². The van der Waals surface area contributed by atoms with Crippen molar-refractivity contribution >= 4 is 6.29 Å². The van der Waals surface area contributed by atoms with E-state index in [1.54, 1.807) is 0 Å². The van der Waals surface area contributed by atoms with Crippen LogP contribution in [0.4, 0.5) is 0 Å². The van der Waals surface area contributed by atoms with Crippen LogP contribution in [0.5, 0.6) is 0 Å². The van der Waals surface area contributed by atoms with Gasteiger partial charge in [-0.3, -0.25) is 4.79 Å². The number of carbonyl (C=O) groups is 1. The summed E-state index contributed by atoms with van der Waals surface area (Å²) in [5.41, 5.74) is 0.878. The number of hydrogen-bond donors (Lipinski definition) is 0. The summed E-state index contributed by atoms with van der Waals surface area (Å²) < 4.78 is 0. The monoisotopic (exact) mass is 161 g/mol. The van der Waals surface area contributed by atoms with Gasteiger partial charge in [-0.15, -0.1) is 0 Å². The molecular weight excluding hydrogens is 150 g/mol. The van der Waals surface area contributed by atoms with Crippen LogP contribution in [0.25, 0.3) is 0 Å². The fraction of sp³-hybridized carbons (Fsp3) is 0.300. The topological polar surface area (TPSA) is 20.3 Å². The first-order valence-corrected chi connectivity index (χ1v) is 4.07. The van der Waals surface area contributed by atoms with Gasteiger partial charge in [0.15, 0.2) is 0 Å². The van der Waals surface area contributed by atoms with Crippen molar-refractivity contribution in [1.82, 2.24) is 4.90 Å². The molecule has 0 fully saturated rings. The molecule has 0 bridgehead atoms. The number of nitrogens with zero attached hydrogens (tertiary/aromatic N) is 1. The van der Waals surface area contributed by atoms with Gasteiger partial charge in [0.1, 0.15) is 6.29 Å². The third kappa shape index (κ3) is 0.916. The van der Waals surface area contributed by atoms with Crippen molar-refractivity contribution in [2.45, 2.75) is 6.04 Å². The summed E-state index contributed by atoms with van der Waals surface area (Å²) in [6, 6.07) is 0.357. The van der Waals surface area contributed by atoms with Crippen molar-refractivity contribution in [3.05, 3.63) is 36.1 Å². The highest BCUT2D eigenvalue weighted by atomic mass is 16.1. The highest BCUT2D eigenvalue weighted by Crippen LogP contribution is 2.29. The van der Waals surface area contributed by atoms with Crippen LogP contribution < -0.4 is 0 Å². The number of fused-ring (bicyclic) bond motifs is 1. The molecule has 0 spiro atoms. The first-order chi connectivity index (χ1) is 5.83. The molecule has 2 atom stereocenters. The van der Waals surface area contributed by atoms with E-state index in [0.29, 0.717) is 6.04 Å². The van der Waals surface area contributed by atoms with Crippen LogP contribution >= 0.6 is 0 Å². The SMILES string of the molecule is CN1C=C(C=O)C2C=CC=CC21. The van der Waals surface area contributed by atoms with Gasteiger partial charge in [-0.2, -0.15) is 0 Å². The van der Waals surface area contributed by atoms with Gasteiger partial charge in [0.25, 0.3) is 0 Å². The maximum Gasteiger partial charge on any atom is 0.148 e. The van der Waals surface area contributed by atoms with Crippen molar-refractivity contribution in [3.8, 4) is 0 Å². The maximum atomic E-state index is 10.7. The lowest BCUT2D eigenvalue weighted by atomic mass is 9.92. The molecule has 2 rings (SSSR count). The molecule has 0 N–H and O–H groups in total. The average molecular weight is 161 g/mol. The lowest BCUT2D eigenvalue weighted by Gasteiger charge is -2.23. The Hall–Kier alpha value is -1.31. The highest BCUT2D eigenvalue weighted by molar-refractivity contribution is 5.76. The Morgan fingerprint density at radius 3 is 2.92 bits per heavy atom. The van der Waals surface area contributed by atoms with Gasteiger partial charge < -0.3 is 4.90 Å². The Kier molecular flexibility index (Phi) is 1.61. The smallest absolute Gasteiger partial charge is 0.148 e. The lowest BCUT2D eigenvalue weighted by molar-refractivity contribution is -0.105. The van der Waals surface area contributed by atoms with E-state index in [1.165, 1.54) is 0 Å². The molecule has 0 amide bonds. The molecule has 0 radical (unpaired) electrons. The molecule has 0 aromatic heterocycles. The average Bonchev–Trinajstić information content (AvgIpc) is 2.44. The second-order valence-corrected chi connectivity index (χ2v) is 3.20. The van der Waals surface area contributed by atoms with Gasteiger partial charge in [-0.25, -0.2) is 0 Å². The van der Waals surface area contributed by atoms with Crippen LogP contribution in [0.15, 0.2) is 36.1 Å². The molecule has 2 unspecified atom stereocenters. The van der Waals surface area contributed by atoms with Gasteiger partial charge in [0.05, 0.1) is 6.04 Å². The Balaban J connectivity index is 2.32. The maximum absolute atomic E-state index is 10.7. The van der Waals surface area contributed by atoms with Crippen molar-refractivity contribution in [2.24, 2.45) is 5.92 Å². The Morgan fingerprint density at radius 1 is 1.42 bits per heavy atom. The van der Waals surface area contributed by atoms with Crippen LogP contribution in [0, 0.1) is 5.92 Å². The van der Waals surface area contributed by atoms with Crippen molar-refractivity contribution in [2.75, 3.05) is 7.05 Å². The molecule has 0 saturated heterocycles. The molecule has 2 aliphatic rings. The van der Waals surface area contributed by atoms with Gasteiger partial charge in [-0.1, -0.05) is 24.3 Å². The first kappa shape index (κ1) is 7.35. The summed E-state index contributed by atoms with van der Waals surface area (Å²) in [6.07, 6.45) is 11.1. The van der Waals surface area contributed by atoms with Crippen LogP contribution in [0.2, 0.25) is 0 Å². The highest BCUT2D eigenvalue weighted by Gasteiger charge is 2.30. The normalized spacial score (nSPS) is 31.8. The second-order valence-electron chi connectivity index (χ2n) is 3.20. The molecule has 1 heterocycles. The minimum Gasteiger partial charge on any atom is -0.373 e. The van der Waals surface area contributed by atoms with Crippen LogP contribution in [0.1, 0.15) is 0 Å². The lowest BCUT2D eigenvalue weighted by Crippen LogP contribution is -2.27. The van der Waals surface area contributed by atoms with Crippen LogP contribution in [-0.2, 0) is 4.79 Å². The molecule has 1 aliphatic heterocycles. The van der Waals surface area contributed by atoms with Gasteiger partial charge >= 0.3 is 0 Å². The summed E-state index contributed by atoms with van der Waals surface area (Å²) in [5, 5.41) is 0.